The Morgan fingerprint density at radius 1 is 1.50 bits per heavy atom. The average molecular weight is 256 g/mol. The summed E-state index contributed by atoms with van der Waals surface area (Å²) in [5.74, 6) is -0.914. The molecule has 2 unspecified atom stereocenters. The number of hydrogen-bond acceptors (Lipinski definition) is 5. The van der Waals surface area contributed by atoms with Gasteiger partial charge in [0.15, 0.2) is 0 Å². The molecule has 1 aliphatic rings. The van der Waals surface area contributed by atoms with Gasteiger partial charge in [-0.15, -0.1) is 0 Å². The predicted octanol–water partition coefficient (Wildman–Crippen LogP) is 0.0651. The second-order valence-corrected chi connectivity index (χ2v) is 4.37. The largest absolute Gasteiger partial charge is 0.466 e. The number of nitrogens with zero attached hydrogens (tertiary/aromatic N) is 1. The molecular weight excluding hydrogens is 236 g/mol. The molecular formula is C12H20N2O4. The molecule has 0 bridgehead atoms. The van der Waals surface area contributed by atoms with Gasteiger partial charge in [0.05, 0.1) is 25.6 Å². The minimum absolute atomic E-state index is 0.144. The molecule has 1 rings (SSSR count). The van der Waals surface area contributed by atoms with Crippen molar-refractivity contribution in [1.29, 1.82) is 0 Å². The van der Waals surface area contributed by atoms with Gasteiger partial charge >= 0.3 is 5.97 Å². The third-order valence-electron chi connectivity index (χ3n) is 3.01. The Kier molecular flexibility index (Phi) is 5.27. The first-order valence-corrected chi connectivity index (χ1v) is 6.24. The van der Waals surface area contributed by atoms with Crippen LogP contribution in [-0.2, 0) is 19.1 Å². The summed E-state index contributed by atoms with van der Waals surface area (Å²) < 4.78 is 4.87. The normalized spacial score (nSPS) is 22.5. The summed E-state index contributed by atoms with van der Waals surface area (Å²) in [6.07, 6.45) is 0.789. The van der Waals surface area contributed by atoms with Crippen LogP contribution in [0.15, 0.2) is 0 Å². The van der Waals surface area contributed by atoms with Crippen LogP contribution in [0.4, 0.5) is 0 Å². The van der Waals surface area contributed by atoms with Gasteiger partial charge in [0.1, 0.15) is 0 Å². The van der Waals surface area contributed by atoms with E-state index in [1.54, 1.807) is 11.8 Å². The molecule has 1 saturated heterocycles. The van der Waals surface area contributed by atoms with Crippen molar-refractivity contribution in [2.75, 3.05) is 13.2 Å². The second-order valence-electron chi connectivity index (χ2n) is 4.37. The van der Waals surface area contributed by atoms with E-state index in [2.05, 4.69) is 5.32 Å². The third kappa shape index (κ3) is 3.53. The first-order chi connectivity index (χ1) is 8.49. The fourth-order valence-electron chi connectivity index (χ4n) is 2.15. The number of amides is 2. The molecule has 1 aliphatic heterocycles. The highest BCUT2D eigenvalue weighted by Gasteiger charge is 2.35. The number of nitrogens with one attached hydrogen (secondary N) is 1. The summed E-state index contributed by atoms with van der Waals surface area (Å²) in [5, 5.41) is 2.31. The van der Waals surface area contributed by atoms with Crippen molar-refractivity contribution in [2.45, 2.75) is 45.7 Å². The number of hydrogen-bond donors (Lipinski definition) is 1. The maximum absolute atomic E-state index is 11.7. The molecule has 0 aromatic heterocycles. The van der Waals surface area contributed by atoms with Gasteiger partial charge in [-0.3, -0.25) is 24.6 Å². The van der Waals surface area contributed by atoms with Crippen LogP contribution in [-0.4, -0.2) is 47.9 Å². The molecule has 6 heteroatoms. The van der Waals surface area contributed by atoms with E-state index in [1.807, 2.05) is 13.8 Å². The molecule has 0 aliphatic carbocycles. The summed E-state index contributed by atoms with van der Waals surface area (Å²) in [6.45, 7) is 5.93. The molecule has 1 fully saturated rings. The molecule has 0 saturated carbocycles. The number of carbonyl (C=O) groups excluding carboxylic acids is 3. The zero-order valence-electron chi connectivity index (χ0n) is 11.1. The van der Waals surface area contributed by atoms with Gasteiger partial charge in [0, 0.05) is 6.04 Å². The van der Waals surface area contributed by atoms with E-state index >= 15 is 0 Å². The molecule has 0 aromatic rings. The number of esters is 1. The molecule has 1 heterocycles. The lowest BCUT2D eigenvalue weighted by molar-refractivity contribution is -0.148. The summed E-state index contributed by atoms with van der Waals surface area (Å²) >= 11 is 0. The highest BCUT2D eigenvalue weighted by Crippen LogP contribution is 2.15. The number of ether oxygens (including phenoxy) is 1. The van der Waals surface area contributed by atoms with E-state index in [9.17, 15) is 14.4 Å². The number of carbonyl (C=O) groups is 3. The van der Waals surface area contributed by atoms with Crippen molar-refractivity contribution >= 4 is 17.8 Å². The topological polar surface area (TPSA) is 75.7 Å². The SMILES string of the molecule is CCOC(=O)CC(C)N1CC(=O)NC(=O)C1CC. The Balaban J connectivity index is 2.68. The number of rotatable bonds is 5. The van der Waals surface area contributed by atoms with E-state index in [1.165, 1.54) is 0 Å². The predicted molar refractivity (Wildman–Crippen MR) is 64.6 cm³/mol. The van der Waals surface area contributed by atoms with Crippen molar-refractivity contribution < 1.29 is 19.1 Å². The van der Waals surface area contributed by atoms with Crippen LogP contribution in [0.5, 0.6) is 0 Å². The standard InChI is InChI=1S/C12H20N2O4/c1-4-9-12(17)13-10(15)7-14(9)8(3)6-11(16)18-5-2/h8-9H,4-7H2,1-3H3,(H,13,15,17). The molecule has 102 valence electrons. The van der Waals surface area contributed by atoms with Crippen LogP contribution in [0.25, 0.3) is 0 Å². The first kappa shape index (κ1) is 14.6. The van der Waals surface area contributed by atoms with E-state index in [0.717, 1.165) is 0 Å². The summed E-state index contributed by atoms with van der Waals surface area (Å²) in [5.41, 5.74) is 0. The fourth-order valence-corrected chi connectivity index (χ4v) is 2.15. The van der Waals surface area contributed by atoms with Gasteiger partial charge < -0.3 is 4.74 Å². The smallest absolute Gasteiger partial charge is 0.307 e. The van der Waals surface area contributed by atoms with Crippen LogP contribution in [0.3, 0.4) is 0 Å². The Hall–Kier alpha value is -1.43. The Morgan fingerprint density at radius 2 is 2.17 bits per heavy atom. The van der Waals surface area contributed by atoms with E-state index in [0.29, 0.717) is 13.0 Å². The quantitative estimate of drug-likeness (QED) is 0.556. The fraction of sp³-hybridized carbons (Fsp3) is 0.750. The van der Waals surface area contributed by atoms with Crippen molar-refractivity contribution in [3.8, 4) is 0 Å². The van der Waals surface area contributed by atoms with Crippen LogP contribution < -0.4 is 5.32 Å². The maximum atomic E-state index is 11.7. The van der Waals surface area contributed by atoms with Gasteiger partial charge in [-0.05, 0) is 20.3 Å². The monoisotopic (exact) mass is 256 g/mol. The number of piperazine rings is 1. The van der Waals surface area contributed by atoms with E-state index < -0.39 is 0 Å². The van der Waals surface area contributed by atoms with Crippen LogP contribution in [0.1, 0.15) is 33.6 Å². The lowest BCUT2D eigenvalue weighted by Gasteiger charge is -2.37. The van der Waals surface area contributed by atoms with Crippen LogP contribution in [0, 0.1) is 0 Å². The van der Waals surface area contributed by atoms with E-state index in [-0.39, 0.29) is 42.8 Å². The Bertz CT molecular complexity index is 343. The lowest BCUT2D eigenvalue weighted by Crippen LogP contribution is -2.60. The molecule has 6 nitrogen and oxygen atoms in total. The second kappa shape index (κ2) is 6.49. The van der Waals surface area contributed by atoms with Crippen LogP contribution >= 0.6 is 0 Å². The molecule has 2 atom stereocenters. The zero-order chi connectivity index (χ0) is 13.7. The summed E-state index contributed by atoms with van der Waals surface area (Å²) in [7, 11) is 0. The molecule has 0 aromatic carbocycles. The van der Waals surface area contributed by atoms with Crippen molar-refractivity contribution in [2.24, 2.45) is 0 Å². The van der Waals surface area contributed by atoms with Gasteiger partial charge in [0.25, 0.3) is 0 Å². The van der Waals surface area contributed by atoms with Gasteiger partial charge in [-0.25, -0.2) is 0 Å². The number of imide groups is 1. The Labute approximate surface area is 107 Å². The third-order valence-corrected chi connectivity index (χ3v) is 3.01. The minimum atomic E-state index is -0.355. The summed E-state index contributed by atoms with van der Waals surface area (Å²) in [6, 6.07) is -0.545. The van der Waals surface area contributed by atoms with Gasteiger partial charge in [-0.1, -0.05) is 6.92 Å². The highest BCUT2D eigenvalue weighted by atomic mass is 16.5. The average Bonchev–Trinajstić information content (AvgIpc) is 2.28. The van der Waals surface area contributed by atoms with Crippen molar-refractivity contribution in [3.05, 3.63) is 0 Å². The van der Waals surface area contributed by atoms with E-state index in [4.69, 9.17) is 4.74 Å². The molecule has 0 radical (unpaired) electrons. The molecule has 2 amide bonds. The molecule has 18 heavy (non-hydrogen) atoms. The lowest BCUT2D eigenvalue weighted by atomic mass is 10.1. The first-order valence-electron chi connectivity index (χ1n) is 6.24. The van der Waals surface area contributed by atoms with Crippen molar-refractivity contribution in [1.82, 2.24) is 10.2 Å². The van der Waals surface area contributed by atoms with Crippen LogP contribution in [0.2, 0.25) is 0 Å². The Morgan fingerprint density at radius 3 is 2.72 bits per heavy atom. The van der Waals surface area contributed by atoms with Gasteiger partial charge in [-0.2, -0.15) is 0 Å². The minimum Gasteiger partial charge on any atom is -0.466 e. The highest BCUT2D eigenvalue weighted by molar-refractivity contribution is 6.01. The maximum Gasteiger partial charge on any atom is 0.307 e. The molecule has 0 spiro atoms. The molecule has 1 N–H and O–H groups in total. The van der Waals surface area contributed by atoms with Crippen molar-refractivity contribution in [3.63, 3.8) is 0 Å². The zero-order valence-corrected chi connectivity index (χ0v) is 11.1. The summed E-state index contributed by atoms with van der Waals surface area (Å²) in [4.78, 5) is 36.2. The van der Waals surface area contributed by atoms with Gasteiger partial charge in [0.2, 0.25) is 11.8 Å².